The molecule has 0 spiro atoms. The molecule has 7 nitrogen and oxygen atoms in total. The van der Waals surface area contributed by atoms with E-state index >= 15 is 0 Å². The third-order valence-electron chi connectivity index (χ3n) is 4.67. The summed E-state index contributed by atoms with van der Waals surface area (Å²) in [5.74, 6) is -1.08. The van der Waals surface area contributed by atoms with Gasteiger partial charge < -0.3 is 10.6 Å². The number of hydrogen-bond donors (Lipinski definition) is 2. The zero-order chi connectivity index (χ0) is 20.3. The Balaban J connectivity index is 1.80. The fourth-order valence-electron chi connectivity index (χ4n) is 3.17. The number of benzene rings is 2. The number of nitrogens with zero attached hydrogens (tertiary/aromatic N) is 2. The summed E-state index contributed by atoms with van der Waals surface area (Å²) in [5.41, 5.74) is -0.0407. The molecule has 1 unspecified atom stereocenters. The van der Waals surface area contributed by atoms with E-state index in [0.717, 1.165) is 4.90 Å². The molecule has 1 atom stereocenters. The van der Waals surface area contributed by atoms with Crippen LogP contribution in [0.25, 0.3) is 0 Å². The van der Waals surface area contributed by atoms with Gasteiger partial charge in [-0.15, -0.1) is 0 Å². The predicted octanol–water partition coefficient (Wildman–Crippen LogP) is 3.01. The number of anilines is 1. The van der Waals surface area contributed by atoms with Crippen molar-refractivity contribution in [2.75, 3.05) is 11.9 Å². The molecule has 0 aromatic heterocycles. The molecule has 8 heteroatoms. The van der Waals surface area contributed by atoms with E-state index in [0.29, 0.717) is 22.7 Å². The Morgan fingerprint density at radius 2 is 1.89 bits per heavy atom. The Kier molecular flexibility index (Phi) is 5.34. The first kappa shape index (κ1) is 19.4. The van der Waals surface area contributed by atoms with Gasteiger partial charge in [-0.25, -0.2) is 4.79 Å². The van der Waals surface area contributed by atoms with Gasteiger partial charge in [0.1, 0.15) is 18.2 Å². The number of rotatable bonds is 5. The molecule has 1 heterocycles. The van der Waals surface area contributed by atoms with E-state index in [4.69, 9.17) is 16.9 Å². The van der Waals surface area contributed by atoms with Crippen LogP contribution in [-0.2, 0) is 15.1 Å². The van der Waals surface area contributed by atoms with Crippen LogP contribution >= 0.6 is 11.6 Å². The smallest absolute Gasteiger partial charge is 0.323 e. The Bertz CT molecular complexity index is 984. The van der Waals surface area contributed by atoms with E-state index < -0.39 is 29.9 Å². The topological polar surface area (TPSA) is 102 Å². The number of nitriles is 1. The van der Waals surface area contributed by atoms with Gasteiger partial charge in [0, 0.05) is 5.02 Å². The van der Waals surface area contributed by atoms with Gasteiger partial charge in [-0.2, -0.15) is 5.26 Å². The van der Waals surface area contributed by atoms with Crippen LogP contribution in [0.4, 0.5) is 10.5 Å². The first-order valence-electron chi connectivity index (χ1n) is 8.60. The Morgan fingerprint density at radius 1 is 1.21 bits per heavy atom. The quantitative estimate of drug-likeness (QED) is 0.758. The van der Waals surface area contributed by atoms with Crippen LogP contribution in [0.15, 0.2) is 48.5 Å². The minimum Gasteiger partial charge on any atom is -0.323 e. The molecule has 0 radical (unpaired) electrons. The van der Waals surface area contributed by atoms with Crippen molar-refractivity contribution in [3.8, 4) is 6.07 Å². The summed E-state index contributed by atoms with van der Waals surface area (Å²) in [6.45, 7) is 1.32. The summed E-state index contributed by atoms with van der Waals surface area (Å²) in [7, 11) is 0. The maximum Gasteiger partial charge on any atom is 0.325 e. The van der Waals surface area contributed by atoms with Crippen molar-refractivity contribution in [3.05, 3.63) is 64.7 Å². The van der Waals surface area contributed by atoms with Crippen molar-refractivity contribution in [2.24, 2.45) is 0 Å². The lowest BCUT2D eigenvalue weighted by atomic mass is 9.87. The van der Waals surface area contributed by atoms with Crippen molar-refractivity contribution >= 4 is 35.1 Å². The fraction of sp³-hybridized carbons (Fsp3) is 0.200. The number of urea groups is 1. The minimum atomic E-state index is -1.24. The van der Waals surface area contributed by atoms with Crippen LogP contribution in [0.3, 0.4) is 0 Å². The van der Waals surface area contributed by atoms with Gasteiger partial charge in [-0.05, 0) is 36.2 Å². The van der Waals surface area contributed by atoms with E-state index in [1.807, 2.05) is 6.07 Å². The second kappa shape index (κ2) is 7.71. The first-order valence-corrected chi connectivity index (χ1v) is 8.98. The highest BCUT2D eigenvalue weighted by Crippen LogP contribution is 2.33. The summed E-state index contributed by atoms with van der Waals surface area (Å²) in [6.07, 6.45) is 0.314. The summed E-state index contributed by atoms with van der Waals surface area (Å²) in [4.78, 5) is 38.8. The summed E-state index contributed by atoms with van der Waals surface area (Å²) < 4.78 is 0. The molecule has 3 rings (SSSR count). The highest BCUT2D eigenvalue weighted by atomic mass is 35.5. The molecule has 1 fully saturated rings. The molecule has 1 aliphatic rings. The summed E-state index contributed by atoms with van der Waals surface area (Å²) in [5, 5.41) is 14.9. The van der Waals surface area contributed by atoms with E-state index in [9.17, 15) is 14.4 Å². The Morgan fingerprint density at radius 3 is 2.54 bits per heavy atom. The van der Waals surface area contributed by atoms with Gasteiger partial charge in [0.15, 0.2) is 0 Å². The van der Waals surface area contributed by atoms with Gasteiger partial charge in [0.25, 0.3) is 5.91 Å². The average Bonchev–Trinajstić information content (AvgIpc) is 2.94. The number of hydrogen-bond acceptors (Lipinski definition) is 4. The standard InChI is InChI=1S/C20H17ClN4O3/c1-2-20(14-7-9-15(21)10-8-14)18(27)25(19(28)24-20)12-17(26)23-16-6-4-3-5-13(16)11-22/h3-10H,2,12H2,1H3,(H,23,26)(H,24,28). The number of carbonyl (C=O) groups is 3. The van der Waals surface area contributed by atoms with E-state index in [1.54, 1.807) is 55.5 Å². The normalized spacial score (nSPS) is 18.5. The predicted molar refractivity (Wildman–Crippen MR) is 103 cm³/mol. The summed E-state index contributed by atoms with van der Waals surface area (Å²) >= 11 is 5.91. The molecule has 1 aliphatic heterocycles. The SMILES string of the molecule is CCC1(c2ccc(Cl)cc2)NC(=O)N(CC(=O)Nc2ccccc2C#N)C1=O. The fourth-order valence-corrected chi connectivity index (χ4v) is 3.29. The van der Waals surface area contributed by atoms with Gasteiger partial charge in [0.05, 0.1) is 11.3 Å². The molecule has 0 saturated carbocycles. The highest BCUT2D eigenvalue weighted by Gasteiger charge is 2.51. The molecular weight excluding hydrogens is 380 g/mol. The molecule has 2 N–H and O–H groups in total. The first-order chi connectivity index (χ1) is 13.4. The number of para-hydroxylation sites is 1. The van der Waals surface area contributed by atoms with Crippen LogP contribution < -0.4 is 10.6 Å². The van der Waals surface area contributed by atoms with Crippen molar-refractivity contribution in [2.45, 2.75) is 18.9 Å². The second-order valence-electron chi connectivity index (χ2n) is 6.29. The lowest BCUT2D eigenvalue weighted by molar-refractivity contribution is -0.134. The van der Waals surface area contributed by atoms with Gasteiger partial charge >= 0.3 is 6.03 Å². The van der Waals surface area contributed by atoms with Crippen molar-refractivity contribution < 1.29 is 14.4 Å². The van der Waals surface area contributed by atoms with Crippen molar-refractivity contribution in [1.82, 2.24) is 10.2 Å². The number of nitrogens with one attached hydrogen (secondary N) is 2. The van der Waals surface area contributed by atoms with Crippen LogP contribution in [0.1, 0.15) is 24.5 Å². The van der Waals surface area contributed by atoms with Gasteiger partial charge in [-0.1, -0.05) is 42.8 Å². The maximum atomic E-state index is 13.0. The highest BCUT2D eigenvalue weighted by molar-refractivity contribution is 6.30. The van der Waals surface area contributed by atoms with Crippen molar-refractivity contribution in [1.29, 1.82) is 5.26 Å². The lowest BCUT2D eigenvalue weighted by Gasteiger charge is -2.25. The molecular formula is C20H17ClN4O3. The molecule has 1 saturated heterocycles. The Hall–Kier alpha value is -3.37. The molecule has 0 aliphatic carbocycles. The molecule has 4 amide bonds. The van der Waals surface area contributed by atoms with Crippen LogP contribution in [0, 0.1) is 11.3 Å². The third-order valence-corrected chi connectivity index (χ3v) is 4.92. The summed E-state index contributed by atoms with van der Waals surface area (Å²) in [6, 6.07) is 14.4. The van der Waals surface area contributed by atoms with Crippen LogP contribution in [0.2, 0.25) is 5.02 Å². The van der Waals surface area contributed by atoms with Gasteiger partial charge in [-0.3, -0.25) is 14.5 Å². The largest absolute Gasteiger partial charge is 0.325 e. The molecule has 0 bridgehead atoms. The van der Waals surface area contributed by atoms with Crippen molar-refractivity contribution in [3.63, 3.8) is 0 Å². The molecule has 2 aromatic carbocycles. The molecule has 2 aromatic rings. The zero-order valence-electron chi connectivity index (χ0n) is 15.0. The van der Waals surface area contributed by atoms with E-state index in [2.05, 4.69) is 10.6 Å². The van der Waals surface area contributed by atoms with E-state index in [-0.39, 0.29) is 5.56 Å². The van der Waals surface area contributed by atoms with Gasteiger partial charge in [0.2, 0.25) is 5.91 Å². The minimum absolute atomic E-state index is 0.289. The molecule has 142 valence electrons. The van der Waals surface area contributed by atoms with Crippen LogP contribution in [-0.4, -0.2) is 29.3 Å². The number of halogens is 1. The third kappa shape index (κ3) is 3.42. The lowest BCUT2D eigenvalue weighted by Crippen LogP contribution is -2.44. The number of amides is 4. The molecule has 28 heavy (non-hydrogen) atoms. The number of carbonyl (C=O) groups excluding carboxylic acids is 3. The van der Waals surface area contributed by atoms with Crippen LogP contribution in [0.5, 0.6) is 0 Å². The zero-order valence-corrected chi connectivity index (χ0v) is 15.8. The maximum absolute atomic E-state index is 13.0. The monoisotopic (exact) mass is 396 g/mol. The average molecular weight is 397 g/mol. The Labute approximate surface area is 166 Å². The van der Waals surface area contributed by atoms with E-state index in [1.165, 1.54) is 0 Å². The number of imide groups is 1. The second-order valence-corrected chi connectivity index (χ2v) is 6.73.